The minimum atomic E-state index is -4.51. The SMILES string of the molecule is OC[C@@H](O)[C@@H](O)[C@H](O)[C@@H](O)CN(Cc1cccc(C(F)(F)F)c1)C(=S)S. The summed E-state index contributed by atoms with van der Waals surface area (Å²) in [5.41, 5.74) is -0.601. The largest absolute Gasteiger partial charge is 0.416 e. The molecule has 26 heavy (non-hydrogen) atoms. The molecule has 0 saturated carbocycles. The summed E-state index contributed by atoms with van der Waals surface area (Å²) < 4.78 is 38.3. The highest BCUT2D eigenvalue weighted by molar-refractivity contribution is 8.10. The number of alkyl halides is 3. The van der Waals surface area contributed by atoms with Crippen LogP contribution in [0.3, 0.4) is 0 Å². The summed E-state index contributed by atoms with van der Waals surface area (Å²) in [5, 5.41) is 47.5. The van der Waals surface area contributed by atoms with Crippen molar-refractivity contribution in [2.24, 2.45) is 0 Å². The van der Waals surface area contributed by atoms with Crippen molar-refractivity contribution in [3.05, 3.63) is 35.4 Å². The zero-order valence-corrected chi connectivity index (χ0v) is 15.1. The van der Waals surface area contributed by atoms with Crippen molar-refractivity contribution in [1.82, 2.24) is 4.90 Å². The molecular weight excluding hydrogens is 395 g/mol. The Balaban J connectivity index is 2.86. The van der Waals surface area contributed by atoms with Gasteiger partial charge in [0.1, 0.15) is 28.7 Å². The number of nitrogens with zero attached hydrogens (tertiary/aromatic N) is 1. The second kappa shape index (κ2) is 9.83. The summed E-state index contributed by atoms with van der Waals surface area (Å²) in [6.45, 7) is -1.33. The number of thiol groups is 1. The van der Waals surface area contributed by atoms with Crippen molar-refractivity contribution in [1.29, 1.82) is 0 Å². The topological polar surface area (TPSA) is 104 Å². The van der Waals surface area contributed by atoms with Crippen LogP contribution in [0.25, 0.3) is 0 Å². The molecule has 5 N–H and O–H groups in total. The highest BCUT2D eigenvalue weighted by Gasteiger charge is 2.32. The predicted molar refractivity (Wildman–Crippen MR) is 94.6 cm³/mol. The van der Waals surface area contributed by atoms with E-state index in [1.807, 2.05) is 0 Å². The first-order chi connectivity index (χ1) is 12.0. The molecule has 1 aromatic rings. The van der Waals surface area contributed by atoms with Gasteiger partial charge in [-0.25, -0.2) is 0 Å². The Morgan fingerprint density at radius 2 is 1.69 bits per heavy atom. The number of aliphatic hydroxyl groups excluding tert-OH is 5. The maximum absolute atomic E-state index is 12.8. The van der Waals surface area contributed by atoms with E-state index in [0.29, 0.717) is 0 Å². The van der Waals surface area contributed by atoms with Gasteiger partial charge in [0, 0.05) is 13.1 Å². The molecule has 0 fully saturated rings. The molecule has 148 valence electrons. The molecular formula is C15H20F3NO5S2. The third-order valence-corrected chi connectivity index (χ3v) is 4.17. The highest BCUT2D eigenvalue weighted by atomic mass is 32.1. The Labute approximate surface area is 158 Å². The van der Waals surface area contributed by atoms with Gasteiger partial charge in [-0.15, -0.1) is 12.6 Å². The lowest BCUT2D eigenvalue weighted by Gasteiger charge is -2.30. The summed E-state index contributed by atoms with van der Waals surface area (Å²) in [6, 6.07) is 4.50. The van der Waals surface area contributed by atoms with Gasteiger partial charge in [0.25, 0.3) is 0 Å². The molecule has 0 aliphatic carbocycles. The molecule has 0 unspecified atom stereocenters. The average Bonchev–Trinajstić information content (AvgIpc) is 2.58. The van der Waals surface area contributed by atoms with E-state index in [1.165, 1.54) is 17.0 Å². The Morgan fingerprint density at radius 3 is 2.19 bits per heavy atom. The highest BCUT2D eigenvalue weighted by Crippen LogP contribution is 2.29. The fourth-order valence-corrected chi connectivity index (χ4v) is 2.47. The van der Waals surface area contributed by atoms with Gasteiger partial charge < -0.3 is 30.4 Å². The second-order valence-electron chi connectivity index (χ2n) is 5.66. The van der Waals surface area contributed by atoms with Gasteiger partial charge in [0.05, 0.1) is 12.2 Å². The third-order valence-electron chi connectivity index (χ3n) is 3.63. The number of hydrogen-bond donors (Lipinski definition) is 6. The average molecular weight is 415 g/mol. The molecule has 4 atom stereocenters. The minimum Gasteiger partial charge on any atom is -0.394 e. The molecule has 0 radical (unpaired) electrons. The van der Waals surface area contributed by atoms with Gasteiger partial charge in [-0.3, -0.25) is 0 Å². The van der Waals surface area contributed by atoms with Gasteiger partial charge in [-0.05, 0) is 17.7 Å². The van der Waals surface area contributed by atoms with E-state index in [9.17, 15) is 33.6 Å². The van der Waals surface area contributed by atoms with Crippen molar-refractivity contribution in [3.63, 3.8) is 0 Å². The predicted octanol–water partition coefficient (Wildman–Crippen LogP) is 0.158. The van der Waals surface area contributed by atoms with Crippen molar-refractivity contribution in [3.8, 4) is 0 Å². The summed E-state index contributed by atoms with van der Waals surface area (Å²) in [5.74, 6) is 0. The molecule has 0 aliphatic heterocycles. The molecule has 0 aromatic heterocycles. The van der Waals surface area contributed by atoms with Crippen LogP contribution in [0.5, 0.6) is 0 Å². The molecule has 1 rings (SSSR count). The van der Waals surface area contributed by atoms with E-state index >= 15 is 0 Å². The quantitative estimate of drug-likeness (QED) is 0.266. The number of rotatable bonds is 8. The zero-order valence-electron chi connectivity index (χ0n) is 13.4. The Kier molecular flexibility index (Phi) is 8.73. The fourth-order valence-electron chi connectivity index (χ4n) is 2.17. The molecule has 0 spiro atoms. The lowest BCUT2D eigenvalue weighted by molar-refractivity contribution is -0.137. The zero-order chi connectivity index (χ0) is 20.1. The first-order valence-electron chi connectivity index (χ1n) is 7.44. The van der Waals surface area contributed by atoms with Gasteiger partial charge in [0.2, 0.25) is 0 Å². The van der Waals surface area contributed by atoms with Crippen molar-refractivity contribution < 1.29 is 38.7 Å². The Morgan fingerprint density at radius 1 is 1.12 bits per heavy atom. The smallest absolute Gasteiger partial charge is 0.394 e. The normalized spacial score (nSPS) is 16.7. The first kappa shape index (κ1) is 23.1. The molecule has 1 aromatic carbocycles. The van der Waals surface area contributed by atoms with Gasteiger partial charge in [-0.2, -0.15) is 13.2 Å². The number of benzene rings is 1. The minimum absolute atomic E-state index is 0.0501. The van der Waals surface area contributed by atoms with Crippen LogP contribution in [0.1, 0.15) is 11.1 Å². The summed E-state index contributed by atoms with van der Waals surface area (Å²) in [6.07, 6.45) is -11.4. The third kappa shape index (κ3) is 6.65. The molecule has 0 saturated heterocycles. The van der Waals surface area contributed by atoms with Crippen molar-refractivity contribution in [2.75, 3.05) is 13.2 Å². The Bertz CT molecular complexity index is 605. The van der Waals surface area contributed by atoms with Crippen LogP contribution in [0.4, 0.5) is 13.2 Å². The van der Waals surface area contributed by atoms with Gasteiger partial charge in [0.15, 0.2) is 0 Å². The van der Waals surface area contributed by atoms with Gasteiger partial charge in [-0.1, -0.05) is 24.4 Å². The van der Waals surface area contributed by atoms with E-state index in [0.717, 1.165) is 12.1 Å². The van der Waals surface area contributed by atoms with E-state index in [2.05, 4.69) is 12.6 Å². The van der Waals surface area contributed by atoms with Gasteiger partial charge >= 0.3 is 6.18 Å². The lowest BCUT2D eigenvalue weighted by Crippen LogP contribution is -2.49. The molecule has 0 bridgehead atoms. The summed E-state index contributed by atoms with van der Waals surface area (Å²) in [7, 11) is 0. The summed E-state index contributed by atoms with van der Waals surface area (Å²) in [4.78, 5) is 1.22. The van der Waals surface area contributed by atoms with E-state index < -0.39 is 42.8 Å². The number of thiocarbonyl (C=S) groups is 1. The molecule has 11 heteroatoms. The molecule has 0 heterocycles. The van der Waals surface area contributed by atoms with E-state index in [1.54, 1.807) is 0 Å². The second-order valence-corrected chi connectivity index (χ2v) is 6.77. The maximum Gasteiger partial charge on any atom is 0.416 e. The number of halogens is 3. The van der Waals surface area contributed by atoms with Crippen LogP contribution < -0.4 is 0 Å². The molecule has 6 nitrogen and oxygen atoms in total. The van der Waals surface area contributed by atoms with Crippen molar-refractivity contribution in [2.45, 2.75) is 37.1 Å². The van der Waals surface area contributed by atoms with Crippen LogP contribution in [-0.2, 0) is 12.7 Å². The number of aliphatic hydroxyl groups is 5. The lowest BCUT2D eigenvalue weighted by atomic mass is 10.0. The van der Waals surface area contributed by atoms with Crippen molar-refractivity contribution >= 4 is 29.2 Å². The number of hydrogen-bond acceptors (Lipinski definition) is 6. The van der Waals surface area contributed by atoms with Crippen LogP contribution >= 0.6 is 24.8 Å². The standard InChI is InChI=1S/C15H20F3NO5S2/c16-15(17,18)9-3-1-2-8(4-9)5-19(14(25)26)6-10(21)12(23)13(24)11(22)7-20/h1-4,10-13,20-24H,5-7H2,(H,25,26)/t10-,11+,12+,13+/m0/s1. The molecule has 0 amide bonds. The van der Waals surface area contributed by atoms with E-state index in [-0.39, 0.29) is 23.0 Å². The Hall–Kier alpha value is -0.950. The van der Waals surface area contributed by atoms with Crippen LogP contribution in [-0.4, -0.2) is 72.3 Å². The molecule has 0 aliphatic rings. The van der Waals surface area contributed by atoms with Crippen LogP contribution in [0, 0.1) is 0 Å². The fraction of sp³-hybridized carbons (Fsp3) is 0.533. The maximum atomic E-state index is 12.8. The summed E-state index contributed by atoms with van der Waals surface area (Å²) >= 11 is 8.84. The first-order valence-corrected chi connectivity index (χ1v) is 8.30. The van der Waals surface area contributed by atoms with Crippen LogP contribution in [0.15, 0.2) is 24.3 Å². The monoisotopic (exact) mass is 415 g/mol. The van der Waals surface area contributed by atoms with Crippen LogP contribution in [0.2, 0.25) is 0 Å². The van der Waals surface area contributed by atoms with E-state index in [4.69, 9.17) is 17.3 Å².